The molecule has 0 N–H and O–H groups in total. The number of hydrogen-bond donors (Lipinski definition) is 0. The maximum Gasteiger partial charge on any atom is 0.243 e. The Morgan fingerprint density at radius 3 is 2.64 bits per heavy atom. The highest BCUT2D eigenvalue weighted by atomic mass is 35.5. The van der Waals surface area contributed by atoms with E-state index < -0.39 is 16.1 Å². The first-order chi connectivity index (χ1) is 13.4. The van der Waals surface area contributed by atoms with E-state index in [9.17, 15) is 13.2 Å². The third-order valence-electron chi connectivity index (χ3n) is 4.75. The van der Waals surface area contributed by atoms with Crippen molar-refractivity contribution in [1.29, 1.82) is 0 Å². The molecule has 0 amide bonds. The molecule has 0 spiro atoms. The fraction of sp³-hybridized carbons (Fsp3) is 0.400. The van der Waals surface area contributed by atoms with Gasteiger partial charge in [-0.05, 0) is 55.7 Å². The van der Waals surface area contributed by atoms with Crippen LogP contribution < -0.4 is 0 Å². The van der Waals surface area contributed by atoms with Gasteiger partial charge in [0.15, 0.2) is 0 Å². The molecule has 2 heterocycles. The first-order valence-corrected chi connectivity index (χ1v) is 11.1. The molecule has 1 aliphatic heterocycles. The molecule has 1 aromatic heterocycles. The van der Waals surface area contributed by atoms with E-state index in [0.29, 0.717) is 29.4 Å². The highest BCUT2D eigenvalue weighted by Crippen LogP contribution is 2.26. The molecule has 1 unspecified atom stereocenters. The second-order valence-electron chi connectivity index (χ2n) is 6.75. The van der Waals surface area contributed by atoms with Crippen molar-refractivity contribution in [3.63, 3.8) is 0 Å². The molecule has 1 saturated heterocycles. The van der Waals surface area contributed by atoms with Gasteiger partial charge in [0.1, 0.15) is 11.8 Å². The summed E-state index contributed by atoms with van der Waals surface area (Å²) in [7, 11) is -3.56. The Kier molecular flexibility index (Phi) is 6.82. The summed E-state index contributed by atoms with van der Waals surface area (Å²) in [6.45, 7) is 2.74. The lowest BCUT2D eigenvalue weighted by Crippen LogP contribution is -2.35. The maximum absolute atomic E-state index is 12.9. The van der Waals surface area contributed by atoms with Crippen molar-refractivity contribution < 1.29 is 17.9 Å². The number of carbonyl (C=O) groups is 1. The first kappa shape index (κ1) is 20.9. The number of halogens is 1. The minimum Gasteiger partial charge on any atom is -0.366 e. The zero-order valence-corrected chi connectivity index (χ0v) is 17.2. The minimum absolute atomic E-state index is 0.0297. The number of nitrogens with zero attached hydrogens (tertiary/aromatic N) is 2. The van der Waals surface area contributed by atoms with Gasteiger partial charge in [-0.3, -0.25) is 9.78 Å². The second-order valence-corrected chi connectivity index (χ2v) is 9.10. The van der Waals surface area contributed by atoms with Crippen LogP contribution in [0, 0.1) is 0 Å². The van der Waals surface area contributed by atoms with Gasteiger partial charge >= 0.3 is 0 Å². The molecule has 1 atom stereocenters. The lowest BCUT2D eigenvalue weighted by molar-refractivity contribution is 0.0407. The molecule has 3 rings (SSSR count). The minimum atomic E-state index is -3.56. The highest BCUT2D eigenvalue weighted by molar-refractivity contribution is 7.89. The number of sulfonamides is 1. The molecule has 150 valence electrons. The number of Topliss-reactive ketones (excluding diaryl/α,β-unsaturated/α-hetero) is 1. The lowest BCUT2D eigenvalue weighted by Gasteiger charge is -2.26. The van der Waals surface area contributed by atoms with E-state index in [4.69, 9.17) is 16.3 Å². The van der Waals surface area contributed by atoms with Crippen LogP contribution in [0.4, 0.5) is 0 Å². The van der Waals surface area contributed by atoms with Crippen LogP contribution >= 0.6 is 11.6 Å². The Labute approximate surface area is 170 Å². The monoisotopic (exact) mass is 422 g/mol. The topological polar surface area (TPSA) is 76.6 Å². The van der Waals surface area contributed by atoms with Gasteiger partial charge in [0.25, 0.3) is 0 Å². The third kappa shape index (κ3) is 4.78. The molecule has 0 saturated carbocycles. The summed E-state index contributed by atoms with van der Waals surface area (Å²) >= 11 is 6.23. The summed E-state index contributed by atoms with van der Waals surface area (Å²) in [5.74, 6) is -0.242. The summed E-state index contributed by atoms with van der Waals surface area (Å²) in [4.78, 5) is 16.6. The zero-order chi connectivity index (χ0) is 20.1. The van der Waals surface area contributed by atoms with Crippen LogP contribution in [0.5, 0.6) is 0 Å². The first-order valence-electron chi connectivity index (χ1n) is 9.25. The predicted octanol–water partition coefficient (Wildman–Crippen LogP) is 3.70. The van der Waals surface area contributed by atoms with Crippen molar-refractivity contribution in [3.05, 3.63) is 58.9 Å². The van der Waals surface area contributed by atoms with Crippen LogP contribution in [0.3, 0.4) is 0 Å². The van der Waals surface area contributed by atoms with Gasteiger partial charge in [-0.15, -0.1) is 0 Å². The Bertz CT molecular complexity index is 928. The fourth-order valence-electron chi connectivity index (χ4n) is 3.08. The molecule has 0 bridgehead atoms. The van der Waals surface area contributed by atoms with Gasteiger partial charge in [-0.2, -0.15) is 4.31 Å². The molecule has 6 nitrogen and oxygen atoms in total. The van der Waals surface area contributed by atoms with E-state index in [-0.39, 0.29) is 17.3 Å². The smallest absolute Gasteiger partial charge is 0.243 e. The molecule has 1 aromatic carbocycles. The number of carbonyl (C=O) groups excluding carboxylic acids is 1. The van der Waals surface area contributed by atoms with E-state index in [1.807, 2.05) is 0 Å². The summed E-state index contributed by atoms with van der Waals surface area (Å²) in [5.41, 5.74) is 0.850. The summed E-state index contributed by atoms with van der Waals surface area (Å²) < 4.78 is 32.9. The van der Waals surface area contributed by atoms with E-state index in [2.05, 4.69) is 4.98 Å². The van der Waals surface area contributed by atoms with Crippen LogP contribution in [0.1, 0.15) is 42.2 Å². The molecular formula is C20H23ClN2O4S. The second kappa shape index (κ2) is 9.13. The van der Waals surface area contributed by atoms with Gasteiger partial charge in [0.2, 0.25) is 15.8 Å². The average Bonchev–Trinajstić information content (AvgIpc) is 2.73. The van der Waals surface area contributed by atoms with Crippen LogP contribution in [-0.2, 0) is 21.4 Å². The zero-order valence-electron chi connectivity index (χ0n) is 15.7. The van der Waals surface area contributed by atoms with Gasteiger partial charge in [0.05, 0.1) is 11.5 Å². The predicted molar refractivity (Wildman–Crippen MR) is 107 cm³/mol. The Balaban J connectivity index is 1.72. The van der Waals surface area contributed by atoms with Gasteiger partial charge in [0, 0.05) is 24.3 Å². The number of piperidine rings is 1. The van der Waals surface area contributed by atoms with Crippen molar-refractivity contribution in [2.24, 2.45) is 0 Å². The van der Waals surface area contributed by atoms with Gasteiger partial charge in [-0.25, -0.2) is 8.42 Å². The molecule has 28 heavy (non-hydrogen) atoms. The van der Waals surface area contributed by atoms with Crippen LogP contribution in [0.15, 0.2) is 47.5 Å². The summed E-state index contributed by atoms with van der Waals surface area (Å²) in [6.07, 6.45) is 3.61. The average molecular weight is 423 g/mol. The fourth-order valence-corrected chi connectivity index (χ4v) is 4.82. The lowest BCUT2D eigenvalue weighted by atomic mass is 10.1. The molecule has 2 aromatic rings. The normalized spacial score (nSPS) is 16.6. The number of ether oxygens (including phenoxy) is 1. The van der Waals surface area contributed by atoms with Crippen LogP contribution in [-0.4, -0.2) is 42.7 Å². The van der Waals surface area contributed by atoms with Crippen molar-refractivity contribution in [3.8, 4) is 0 Å². The van der Waals surface area contributed by atoms with Crippen LogP contribution in [0.2, 0.25) is 5.02 Å². The summed E-state index contributed by atoms with van der Waals surface area (Å²) in [5, 5.41) is 0.398. The number of ketones is 1. The Morgan fingerprint density at radius 1 is 1.21 bits per heavy atom. The van der Waals surface area contributed by atoms with Crippen molar-refractivity contribution in [1.82, 2.24) is 9.29 Å². The SMILES string of the molecule is CC(OCc1cc(S(=O)(=O)N2CCCCC2)ccc1Cl)C(=O)c1ccccn1. The molecule has 1 fully saturated rings. The number of pyridine rings is 1. The third-order valence-corrected chi connectivity index (χ3v) is 7.01. The van der Waals surface area contributed by atoms with Crippen LogP contribution in [0.25, 0.3) is 0 Å². The largest absolute Gasteiger partial charge is 0.366 e. The Hall–Kier alpha value is -1.80. The maximum atomic E-state index is 12.9. The number of benzene rings is 1. The van der Waals surface area contributed by atoms with Crippen molar-refractivity contribution in [2.45, 2.75) is 43.8 Å². The van der Waals surface area contributed by atoms with Gasteiger partial charge < -0.3 is 4.74 Å². The van der Waals surface area contributed by atoms with Crippen molar-refractivity contribution in [2.75, 3.05) is 13.1 Å². The summed E-state index contributed by atoms with van der Waals surface area (Å²) in [6, 6.07) is 9.70. The quantitative estimate of drug-likeness (QED) is 0.636. The number of aromatic nitrogens is 1. The standard InChI is InChI=1S/C20H23ClN2O4S/c1-15(20(24)19-7-3-4-10-22-19)27-14-16-13-17(8-9-18(16)21)28(25,26)23-11-5-2-6-12-23/h3-4,7-10,13,15H,2,5-6,11-12,14H2,1H3. The highest BCUT2D eigenvalue weighted by Gasteiger charge is 2.26. The van der Waals surface area contributed by atoms with Crippen molar-refractivity contribution >= 4 is 27.4 Å². The molecular weight excluding hydrogens is 400 g/mol. The van der Waals surface area contributed by atoms with Gasteiger partial charge in [-0.1, -0.05) is 24.1 Å². The number of rotatable bonds is 7. The molecule has 8 heteroatoms. The van der Waals surface area contributed by atoms with E-state index >= 15 is 0 Å². The number of hydrogen-bond acceptors (Lipinski definition) is 5. The molecule has 0 radical (unpaired) electrons. The van der Waals surface area contributed by atoms with E-state index in [1.165, 1.54) is 16.4 Å². The molecule has 0 aliphatic carbocycles. The molecule has 1 aliphatic rings. The Morgan fingerprint density at radius 2 is 1.96 bits per heavy atom. The van der Waals surface area contributed by atoms with E-state index in [0.717, 1.165) is 19.3 Å². The van der Waals surface area contributed by atoms with E-state index in [1.54, 1.807) is 37.4 Å².